The molecule has 0 amide bonds. The normalized spacial score (nSPS) is 14.3. The summed E-state index contributed by atoms with van der Waals surface area (Å²) in [5.74, 6) is 0.000672. The van der Waals surface area contributed by atoms with E-state index in [9.17, 15) is 4.79 Å². The zero-order chi connectivity index (χ0) is 19.1. The van der Waals surface area contributed by atoms with E-state index in [-0.39, 0.29) is 27.0 Å². The van der Waals surface area contributed by atoms with Gasteiger partial charge in [0.25, 0.3) is 0 Å². The standard InChI is InChI=1S/C15H25N6O4P/c1-9(2)24-15(22)11(4)20-25-26-8-23-10(3)5-21-7-19-12-13(16)17-6-18-14(12)21/h6-7,9-11,20,26H,5,8H2,1-4H3,(H2,16,17,18). The summed E-state index contributed by atoms with van der Waals surface area (Å²) < 4.78 is 17.9. The molecule has 0 aliphatic carbocycles. The van der Waals surface area contributed by atoms with Crippen LogP contribution in [-0.2, 0) is 25.4 Å². The number of carbonyl (C=O) groups excluding carboxylic acids is 1. The number of carbonyl (C=O) groups is 1. The number of hydroxylamine groups is 1. The van der Waals surface area contributed by atoms with Crippen molar-refractivity contribution in [3.63, 3.8) is 0 Å². The first-order valence-electron chi connectivity index (χ1n) is 8.26. The number of nitrogens with one attached hydrogen (secondary N) is 1. The number of esters is 1. The van der Waals surface area contributed by atoms with Gasteiger partial charge in [0.05, 0.1) is 40.2 Å². The molecule has 2 rings (SSSR count). The van der Waals surface area contributed by atoms with E-state index in [0.29, 0.717) is 29.9 Å². The Balaban J connectivity index is 1.68. The molecule has 0 fully saturated rings. The molecule has 3 N–H and O–H groups in total. The second-order valence-corrected chi connectivity index (χ2v) is 6.80. The first-order chi connectivity index (χ1) is 12.4. The third-order valence-electron chi connectivity index (χ3n) is 3.32. The second kappa shape index (κ2) is 9.72. The zero-order valence-electron chi connectivity index (χ0n) is 15.3. The minimum atomic E-state index is -0.537. The lowest BCUT2D eigenvalue weighted by atomic mass is 10.3. The van der Waals surface area contributed by atoms with Gasteiger partial charge in [-0.2, -0.15) is 5.48 Å². The molecule has 0 aliphatic rings. The lowest BCUT2D eigenvalue weighted by molar-refractivity contribution is -0.151. The van der Waals surface area contributed by atoms with Gasteiger partial charge in [-0.15, -0.1) is 0 Å². The maximum Gasteiger partial charge on any atom is 0.325 e. The monoisotopic (exact) mass is 384 g/mol. The first-order valence-corrected chi connectivity index (χ1v) is 9.37. The van der Waals surface area contributed by atoms with Crippen molar-refractivity contribution < 1.29 is 18.9 Å². The van der Waals surface area contributed by atoms with E-state index in [1.54, 1.807) is 27.1 Å². The molecule has 26 heavy (non-hydrogen) atoms. The maximum absolute atomic E-state index is 11.6. The highest BCUT2D eigenvalue weighted by molar-refractivity contribution is 7.31. The lowest BCUT2D eigenvalue weighted by Crippen LogP contribution is -2.35. The topological polar surface area (TPSA) is 126 Å². The first kappa shape index (κ1) is 20.4. The highest BCUT2D eigenvalue weighted by Crippen LogP contribution is 2.16. The Labute approximate surface area is 153 Å². The Kier molecular flexibility index (Phi) is 7.65. The number of fused-ring (bicyclic) bond motifs is 1. The summed E-state index contributed by atoms with van der Waals surface area (Å²) in [5.41, 5.74) is 9.67. The number of ether oxygens (including phenoxy) is 2. The van der Waals surface area contributed by atoms with E-state index < -0.39 is 6.04 Å². The highest BCUT2D eigenvalue weighted by Gasteiger charge is 2.15. The fourth-order valence-corrected chi connectivity index (χ4v) is 2.75. The fraction of sp³-hybridized carbons (Fsp3) is 0.600. The SMILES string of the molecule is CC(C)OC(=O)C(C)NOPCOC(C)Cn1cnc2c(N)ncnc21. The Bertz CT molecular complexity index is 725. The molecule has 3 unspecified atom stereocenters. The number of nitrogens with two attached hydrogens (primary N) is 1. The van der Waals surface area contributed by atoms with Crippen LogP contribution in [0, 0.1) is 0 Å². The molecule has 2 aromatic rings. The van der Waals surface area contributed by atoms with Gasteiger partial charge in [-0.3, -0.25) is 9.42 Å². The summed E-state index contributed by atoms with van der Waals surface area (Å²) in [5, 5.41) is 0. The third kappa shape index (κ3) is 5.84. The van der Waals surface area contributed by atoms with Crippen molar-refractivity contribution in [2.24, 2.45) is 0 Å². The van der Waals surface area contributed by atoms with E-state index in [1.165, 1.54) is 6.33 Å². The summed E-state index contributed by atoms with van der Waals surface area (Å²) in [6, 6.07) is -0.537. The van der Waals surface area contributed by atoms with E-state index in [1.807, 2.05) is 11.5 Å². The molecular weight excluding hydrogens is 359 g/mol. The summed E-state index contributed by atoms with van der Waals surface area (Å²) in [7, 11) is 0.0423. The molecule has 11 heteroatoms. The van der Waals surface area contributed by atoms with Crippen LogP contribution in [0.15, 0.2) is 12.7 Å². The van der Waals surface area contributed by atoms with Gasteiger partial charge < -0.3 is 19.8 Å². The van der Waals surface area contributed by atoms with Crippen molar-refractivity contribution in [2.75, 3.05) is 12.1 Å². The molecule has 144 valence electrons. The highest BCUT2D eigenvalue weighted by atomic mass is 31.1. The molecule has 0 bridgehead atoms. The Hall–Kier alpha value is -1.87. The van der Waals surface area contributed by atoms with Crippen LogP contribution in [-0.4, -0.2) is 50.1 Å². The molecule has 3 atom stereocenters. The van der Waals surface area contributed by atoms with Crippen LogP contribution in [0.5, 0.6) is 0 Å². The Morgan fingerprint density at radius 3 is 2.81 bits per heavy atom. The van der Waals surface area contributed by atoms with E-state index in [0.717, 1.165) is 0 Å². The molecule has 0 radical (unpaired) electrons. The van der Waals surface area contributed by atoms with Crippen LogP contribution >= 0.6 is 8.81 Å². The van der Waals surface area contributed by atoms with Gasteiger partial charge in [0.15, 0.2) is 11.5 Å². The molecule has 0 saturated carbocycles. The minimum Gasteiger partial charge on any atom is -0.462 e. The lowest BCUT2D eigenvalue weighted by Gasteiger charge is -2.16. The number of nitrogens with zero attached hydrogens (tertiary/aromatic N) is 4. The summed E-state index contributed by atoms with van der Waals surface area (Å²) in [6.45, 7) is 7.79. The minimum absolute atomic E-state index is 0.0423. The summed E-state index contributed by atoms with van der Waals surface area (Å²) in [6.07, 6.45) is 3.23. The predicted octanol–water partition coefficient (Wildman–Crippen LogP) is 1.23. The van der Waals surface area contributed by atoms with E-state index in [4.69, 9.17) is 19.8 Å². The quantitative estimate of drug-likeness (QED) is 0.269. The number of nitrogen functional groups attached to an aromatic ring is 1. The summed E-state index contributed by atoms with van der Waals surface area (Å²) >= 11 is 0. The zero-order valence-corrected chi connectivity index (χ0v) is 16.3. The molecule has 10 nitrogen and oxygen atoms in total. The molecule has 2 aromatic heterocycles. The molecule has 0 spiro atoms. The fourth-order valence-electron chi connectivity index (χ4n) is 2.08. The van der Waals surface area contributed by atoms with Crippen LogP contribution in [0.3, 0.4) is 0 Å². The average Bonchev–Trinajstić information content (AvgIpc) is 2.98. The van der Waals surface area contributed by atoms with Crippen LogP contribution < -0.4 is 11.2 Å². The number of hydrogen-bond donors (Lipinski definition) is 2. The third-order valence-corrected chi connectivity index (χ3v) is 3.87. The van der Waals surface area contributed by atoms with E-state index in [2.05, 4.69) is 20.4 Å². The largest absolute Gasteiger partial charge is 0.462 e. The van der Waals surface area contributed by atoms with Crippen LogP contribution in [0.25, 0.3) is 11.2 Å². The molecule has 0 aliphatic heterocycles. The van der Waals surface area contributed by atoms with Crippen molar-refractivity contribution >= 4 is 31.8 Å². The van der Waals surface area contributed by atoms with E-state index >= 15 is 0 Å². The van der Waals surface area contributed by atoms with Crippen molar-refractivity contribution in [1.29, 1.82) is 0 Å². The van der Waals surface area contributed by atoms with Gasteiger partial charge in [0, 0.05) is 0 Å². The smallest absolute Gasteiger partial charge is 0.325 e. The van der Waals surface area contributed by atoms with Crippen LogP contribution in [0.4, 0.5) is 5.82 Å². The van der Waals surface area contributed by atoms with Gasteiger partial charge in [-0.25, -0.2) is 15.0 Å². The molecule has 0 aromatic carbocycles. The predicted molar refractivity (Wildman–Crippen MR) is 98.4 cm³/mol. The van der Waals surface area contributed by atoms with Crippen molar-refractivity contribution in [3.8, 4) is 0 Å². The number of imidazole rings is 1. The van der Waals surface area contributed by atoms with Crippen molar-refractivity contribution in [2.45, 2.75) is 52.5 Å². The Morgan fingerprint density at radius 1 is 1.31 bits per heavy atom. The van der Waals surface area contributed by atoms with Crippen molar-refractivity contribution in [1.82, 2.24) is 25.0 Å². The average molecular weight is 384 g/mol. The van der Waals surface area contributed by atoms with Gasteiger partial charge in [0.2, 0.25) is 0 Å². The molecule has 2 heterocycles. The number of hydrogen-bond acceptors (Lipinski definition) is 9. The van der Waals surface area contributed by atoms with Gasteiger partial charge in [0.1, 0.15) is 17.9 Å². The van der Waals surface area contributed by atoms with Crippen LogP contribution in [0.2, 0.25) is 0 Å². The van der Waals surface area contributed by atoms with Crippen molar-refractivity contribution in [3.05, 3.63) is 12.7 Å². The van der Waals surface area contributed by atoms with Gasteiger partial charge in [-0.1, -0.05) is 0 Å². The second-order valence-electron chi connectivity index (χ2n) is 6.02. The number of anilines is 1. The number of aromatic nitrogens is 4. The Morgan fingerprint density at radius 2 is 2.08 bits per heavy atom. The number of rotatable bonds is 10. The van der Waals surface area contributed by atoms with Crippen LogP contribution in [0.1, 0.15) is 27.7 Å². The summed E-state index contributed by atoms with van der Waals surface area (Å²) in [4.78, 5) is 23.9. The maximum atomic E-state index is 11.6. The van der Waals surface area contributed by atoms with Gasteiger partial charge in [-0.05, 0) is 27.7 Å². The molecule has 0 saturated heterocycles. The van der Waals surface area contributed by atoms with Gasteiger partial charge >= 0.3 is 5.97 Å². The molecular formula is C15H25N6O4P.